The Morgan fingerprint density at radius 3 is 2.45 bits per heavy atom. The lowest BCUT2D eigenvalue weighted by Gasteiger charge is -2.06. The molecule has 0 saturated carbocycles. The summed E-state index contributed by atoms with van der Waals surface area (Å²) in [5, 5.41) is 9.14. The molecule has 0 radical (unpaired) electrons. The number of halogens is 2. The lowest BCUT2D eigenvalue weighted by atomic mass is 10.2. The zero-order valence-corrected chi connectivity index (χ0v) is 17.6. The van der Waals surface area contributed by atoms with Crippen LogP contribution < -0.4 is 10.9 Å². The Kier molecular flexibility index (Phi) is 5.23. The molecule has 3 aromatic heterocycles. The smallest absolute Gasteiger partial charge is 0.264 e. The lowest BCUT2D eigenvalue weighted by Crippen LogP contribution is -2.27. The highest BCUT2D eigenvalue weighted by atomic mass is 32.1. The average Bonchev–Trinajstić information content (AvgIpc) is 3.44. The first kappa shape index (κ1) is 20.6. The first-order valence-electron chi connectivity index (χ1n) is 9.68. The van der Waals surface area contributed by atoms with Crippen LogP contribution in [0.1, 0.15) is 0 Å². The zero-order valence-electron chi connectivity index (χ0n) is 16.8. The first-order valence-corrected chi connectivity index (χ1v) is 10.6. The average molecular weight is 464 g/mol. The number of amides is 1. The Morgan fingerprint density at radius 2 is 1.73 bits per heavy atom. The lowest BCUT2D eigenvalue weighted by molar-refractivity contribution is -0.116. The van der Waals surface area contributed by atoms with Gasteiger partial charge >= 0.3 is 0 Å². The van der Waals surface area contributed by atoms with Gasteiger partial charge in [-0.15, -0.1) is 11.3 Å². The molecule has 8 nitrogen and oxygen atoms in total. The maximum atomic E-state index is 13.2. The van der Waals surface area contributed by atoms with E-state index in [0.29, 0.717) is 22.2 Å². The molecule has 0 bridgehead atoms. The number of benzene rings is 2. The van der Waals surface area contributed by atoms with Crippen molar-refractivity contribution in [2.24, 2.45) is 0 Å². The number of thiazole rings is 1. The highest BCUT2D eigenvalue weighted by molar-refractivity contribution is 7.14. The van der Waals surface area contributed by atoms with Crippen molar-refractivity contribution < 1.29 is 13.6 Å². The highest BCUT2D eigenvalue weighted by Crippen LogP contribution is 2.25. The summed E-state index contributed by atoms with van der Waals surface area (Å²) >= 11 is 1.22. The Hall–Kier alpha value is -4.25. The molecule has 5 aromatic rings. The Balaban J connectivity index is 1.33. The van der Waals surface area contributed by atoms with Gasteiger partial charge in [0, 0.05) is 10.9 Å². The summed E-state index contributed by atoms with van der Waals surface area (Å²) in [5.74, 6) is -1.19. The molecule has 1 amide bonds. The van der Waals surface area contributed by atoms with Crippen LogP contribution in [0, 0.1) is 11.6 Å². The van der Waals surface area contributed by atoms with Crippen molar-refractivity contribution in [2.75, 3.05) is 5.32 Å². The van der Waals surface area contributed by atoms with Crippen molar-refractivity contribution in [3.63, 3.8) is 0 Å². The van der Waals surface area contributed by atoms with E-state index < -0.39 is 11.5 Å². The van der Waals surface area contributed by atoms with Crippen molar-refractivity contribution in [1.82, 2.24) is 24.3 Å². The number of aromatic nitrogens is 5. The van der Waals surface area contributed by atoms with Crippen molar-refractivity contribution in [3.05, 3.63) is 88.4 Å². The minimum absolute atomic E-state index is 0.225. The number of rotatable bonds is 5. The van der Waals surface area contributed by atoms with E-state index in [0.717, 1.165) is 5.56 Å². The van der Waals surface area contributed by atoms with Gasteiger partial charge in [-0.1, -0.05) is 0 Å². The van der Waals surface area contributed by atoms with Crippen LogP contribution in [0.3, 0.4) is 0 Å². The molecule has 33 heavy (non-hydrogen) atoms. The van der Waals surface area contributed by atoms with E-state index in [9.17, 15) is 18.4 Å². The summed E-state index contributed by atoms with van der Waals surface area (Å²) in [4.78, 5) is 33.9. The summed E-state index contributed by atoms with van der Waals surface area (Å²) < 4.78 is 28.9. The van der Waals surface area contributed by atoms with Gasteiger partial charge in [0.25, 0.3) is 5.56 Å². The van der Waals surface area contributed by atoms with Crippen LogP contribution in [0.25, 0.3) is 28.0 Å². The van der Waals surface area contributed by atoms with E-state index in [1.54, 1.807) is 17.5 Å². The fourth-order valence-corrected chi connectivity index (χ4v) is 3.97. The molecule has 0 fully saturated rings. The molecule has 0 aliphatic carbocycles. The van der Waals surface area contributed by atoms with E-state index in [1.165, 1.54) is 69.5 Å². The molecule has 5 rings (SSSR count). The largest absolute Gasteiger partial charge is 0.300 e. The molecule has 3 heterocycles. The molecule has 1 N–H and O–H groups in total. The van der Waals surface area contributed by atoms with Crippen LogP contribution in [-0.2, 0) is 11.3 Å². The third-order valence-electron chi connectivity index (χ3n) is 4.83. The molecule has 11 heteroatoms. The topological polar surface area (TPSA) is 94.7 Å². The molecule has 0 saturated heterocycles. The second-order valence-corrected chi connectivity index (χ2v) is 7.90. The molecule has 0 atom stereocenters. The number of carbonyl (C=O) groups is 1. The number of carbonyl (C=O) groups excluding carboxylic acids is 1. The van der Waals surface area contributed by atoms with E-state index in [-0.39, 0.29) is 23.6 Å². The maximum Gasteiger partial charge on any atom is 0.264 e. The quantitative estimate of drug-likeness (QED) is 0.429. The van der Waals surface area contributed by atoms with E-state index >= 15 is 0 Å². The van der Waals surface area contributed by atoms with Crippen LogP contribution in [0.5, 0.6) is 0 Å². The normalized spacial score (nSPS) is 11.1. The molecule has 2 aromatic carbocycles. The summed E-state index contributed by atoms with van der Waals surface area (Å²) in [5.41, 5.74) is 1.73. The second-order valence-electron chi connectivity index (χ2n) is 7.04. The van der Waals surface area contributed by atoms with Gasteiger partial charge in [0.05, 0.1) is 17.6 Å². The predicted molar refractivity (Wildman–Crippen MR) is 119 cm³/mol. The van der Waals surface area contributed by atoms with Crippen LogP contribution in [0.4, 0.5) is 13.9 Å². The number of nitrogens with zero attached hydrogens (tertiary/aromatic N) is 5. The van der Waals surface area contributed by atoms with Crippen molar-refractivity contribution in [2.45, 2.75) is 6.54 Å². The molecule has 164 valence electrons. The van der Waals surface area contributed by atoms with Gasteiger partial charge in [-0.3, -0.25) is 14.2 Å². The molecule has 0 aliphatic heterocycles. The molecule has 0 spiro atoms. The minimum Gasteiger partial charge on any atom is -0.300 e. The van der Waals surface area contributed by atoms with Gasteiger partial charge in [0.2, 0.25) is 5.91 Å². The van der Waals surface area contributed by atoms with Gasteiger partial charge in [-0.25, -0.2) is 23.4 Å². The Morgan fingerprint density at radius 1 is 1.03 bits per heavy atom. The maximum absolute atomic E-state index is 13.2. The predicted octanol–water partition coefficient (Wildman–Crippen LogP) is 3.62. The molecule has 0 unspecified atom stereocenters. The summed E-state index contributed by atoms with van der Waals surface area (Å²) in [6, 6.07) is 11.5. The summed E-state index contributed by atoms with van der Waals surface area (Å²) in [6.45, 7) is -0.269. The number of fused-ring (bicyclic) bond motifs is 1. The third-order valence-corrected chi connectivity index (χ3v) is 5.59. The van der Waals surface area contributed by atoms with E-state index in [1.807, 2.05) is 0 Å². The summed E-state index contributed by atoms with van der Waals surface area (Å²) in [6.07, 6.45) is 2.62. The van der Waals surface area contributed by atoms with Crippen molar-refractivity contribution >= 4 is 33.4 Å². The first-order chi connectivity index (χ1) is 16.0. The number of hydrogen-bond donors (Lipinski definition) is 1. The highest BCUT2D eigenvalue weighted by Gasteiger charge is 2.14. The van der Waals surface area contributed by atoms with Gasteiger partial charge in [-0.2, -0.15) is 5.10 Å². The van der Waals surface area contributed by atoms with E-state index in [2.05, 4.69) is 20.4 Å². The van der Waals surface area contributed by atoms with Crippen LogP contribution in [-0.4, -0.2) is 30.2 Å². The van der Waals surface area contributed by atoms with E-state index in [4.69, 9.17) is 0 Å². The fourth-order valence-electron chi connectivity index (χ4n) is 3.23. The standard InChI is InChI=1S/C22H14F2N6O2S/c23-14-3-1-13(2-4-14)18-11-33-22(27-18)28-19(31)10-29-12-25-20-17(21(29)32)9-26-30(20)16-7-5-15(24)6-8-16/h1-9,11-12H,10H2,(H,27,28,31). The van der Waals surface area contributed by atoms with Gasteiger partial charge in [0.15, 0.2) is 10.8 Å². The Bertz CT molecular complexity index is 1520. The minimum atomic E-state index is -0.454. The fraction of sp³-hybridized carbons (Fsp3) is 0.0455. The SMILES string of the molecule is O=C(Cn1cnc2c(cnn2-c2ccc(F)cc2)c1=O)Nc1nc(-c2ccc(F)cc2)cs1. The second kappa shape index (κ2) is 8.36. The van der Waals surface area contributed by atoms with Gasteiger partial charge in [-0.05, 0) is 48.5 Å². The third kappa shape index (κ3) is 4.13. The summed E-state index contributed by atoms with van der Waals surface area (Å²) in [7, 11) is 0. The van der Waals surface area contributed by atoms with Crippen LogP contribution >= 0.6 is 11.3 Å². The number of hydrogen-bond acceptors (Lipinski definition) is 6. The van der Waals surface area contributed by atoms with Crippen LogP contribution in [0.15, 0.2) is 71.2 Å². The molecular formula is C22H14F2N6O2S. The zero-order chi connectivity index (χ0) is 22.9. The Labute approximate surface area is 188 Å². The molecular weight excluding hydrogens is 450 g/mol. The van der Waals surface area contributed by atoms with Gasteiger partial charge in [0.1, 0.15) is 29.9 Å². The number of nitrogens with one attached hydrogen (secondary N) is 1. The monoisotopic (exact) mass is 464 g/mol. The van der Waals surface area contributed by atoms with Crippen molar-refractivity contribution in [1.29, 1.82) is 0 Å². The van der Waals surface area contributed by atoms with Crippen molar-refractivity contribution in [3.8, 4) is 16.9 Å². The van der Waals surface area contributed by atoms with Crippen LogP contribution in [0.2, 0.25) is 0 Å². The number of anilines is 1. The van der Waals surface area contributed by atoms with Gasteiger partial charge < -0.3 is 5.32 Å². The molecule has 0 aliphatic rings.